The number of carbonyl (C=O) groups is 1. The molecule has 3 heterocycles. The van der Waals surface area contributed by atoms with E-state index in [1.54, 1.807) is 24.0 Å². The summed E-state index contributed by atoms with van der Waals surface area (Å²) in [5.74, 6) is 0.766. The van der Waals surface area contributed by atoms with Crippen molar-refractivity contribution in [3.8, 4) is 11.5 Å². The van der Waals surface area contributed by atoms with Crippen LogP contribution < -0.4 is 10.6 Å². The van der Waals surface area contributed by atoms with E-state index in [4.69, 9.17) is 4.42 Å². The number of hydrogen-bond donors (Lipinski definition) is 2. The van der Waals surface area contributed by atoms with Gasteiger partial charge in [-0.25, -0.2) is 4.98 Å². The minimum atomic E-state index is -0.180. The highest BCUT2D eigenvalue weighted by atomic mass is 16.4. The summed E-state index contributed by atoms with van der Waals surface area (Å²) in [6.07, 6.45) is 5.53. The Hall–Kier alpha value is -2.15. The molecule has 0 radical (unpaired) electrons. The highest BCUT2D eigenvalue weighted by molar-refractivity contribution is 5.93. The molecule has 0 spiro atoms. The van der Waals surface area contributed by atoms with Crippen LogP contribution in [0, 0.1) is 6.92 Å². The second-order valence-electron chi connectivity index (χ2n) is 5.34. The maximum atomic E-state index is 12.3. The van der Waals surface area contributed by atoms with Gasteiger partial charge in [0.25, 0.3) is 5.91 Å². The van der Waals surface area contributed by atoms with E-state index >= 15 is 0 Å². The Kier molecular flexibility index (Phi) is 3.74. The number of nitrogens with one attached hydrogen (secondary N) is 2. The molecule has 7 heteroatoms. The predicted molar refractivity (Wildman–Crippen MR) is 76.8 cm³/mol. The Bertz CT molecular complexity index is 640. The Morgan fingerprint density at radius 2 is 2.43 bits per heavy atom. The first kappa shape index (κ1) is 13.8. The zero-order valence-corrected chi connectivity index (χ0v) is 12.2. The van der Waals surface area contributed by atoms with Crippen LogP contribution in [0.5, 0.6) is 0 Å². The van der Waals surface area contributed by atoms with E-state index < -0.39 is 0 Å². The molecule has 1 saturated heterocycles. The van der Waals surface area contributed by atoms with Crippen molar-refractivity contribution in [2.45, 2.75) is 25.8 Å². The maximum absolute atomic E-state index is 12.3. The van der Waals surface area contributed by atoms with Crippen LogP contribution in [-0.4, -0.2) is 39.8 Å². The molecule has 1 amide bonds. The summed E-state index contributed by atoms with van der Waals surface area (Å²) in [6, 6.07) is 0.157. The fraction of sp³-hybridized carbons (Fsp3) is 0.500. The van der Waals surface area contributed by atoms with Gasteiger partial charge in [-0.05, 0) is 26.3 Å². The average Bonchev–Trinajstić information content (AvgIpc) is 3.06. The quantitative estimate of drug-likeness (QED) is 0.875. The molecule has 1 fully saturated rings. The van der Waals surface area contributed by atoms with Crippen LogP contribution in [0.4, 0.5) is 0 Å². The monoisotopic (exact) mass is 289 g/mol. The number of rotatable bonds is 3. The fourth-order valence-electron chi connectivity index (χ4n) is 2.49. The summed E-state index contributed by atoms with van der Waals surface area (Å²) in [5.41, 5.74) is 1.11. The van der Waals surface area contributed by atoms with E-state index in [0.717, 1.165) is 31.5 Å². The molecule has 2 aromatic rings. The summed E-state index contributed by atoms with van der Waals surface area (Å²) in [4.78, 5) is 16.6. The van der Waals surface area contributed by atoms with Gasteiger partial charge < -0.3 is 15.1 Å². The van der Waals surface area contributed by atoms with E-state index in [1.165, 1.54) is 0 Å². The van der Waals surface area contributed by atoms with Gasteiger partial charge in [-0.15, -0.1) is 0 Å². The van der Waals surface area contributed by atoms with Crippen molar-refractivity contribution in [1.82, 2.24) is 25.4 Å². The Morgan fingerprint density at radius 3 is 3.10 bits per heavy atom. The van der Waals surface area contributed by atoms with Crippen LogP contribution in [0.15, 0.2) is 16.8 Å². The first-order chi connectivity index (χ1) is 10.1. The van der Waals surface area contributed by atoms with Crippen molar-refractivity contribution in [3.05, 3.63) is 23.8 Å². The molecular formula is C14H19N5O2. The number of aryl methyl sites for hydroxylation is 2. The zero-order chi connectivity index (χ0) is 14.8. The molecule has 7 nitrogen and oxygen atoms in total. The van der Waals surface area contributed by atoms with Crippen LogP contribution in [0.1, 0.15) is 29.1 Å². The van der Waals surface area contributed by atoms with Crippen LogP contribution >= 0.6 is 0 Å². The molecule has 1 aliphatic rings. The van der Waals surface area contributed by atoms with Gasteiger partial charge in [-0.1, -0.05) is 0 Å². The van der Waals surface area contributed by atoms with Gasteiger partial charge in [-0.3, -0.25) is 9.48 Å². The molecular weight excluding hydrogens is 270 g/mol. The van der Waals surface area contributed by atoms with Crippen molar-refractivity contribution in [2.75, 3.05) is 13.1 Å². The average molecular weight is 289 g/mol. The summed E-state index contributed by atoms with van der Waals surface area (Å²) in [7, 11) is 1.82. The molecule has 0 unspecified atom stereocenters. The van der Waals surface area contributed by atoms with Gasteiger partial charge >= 0.3 is 0 Å². The SMILES string of the molecule is Cc1oc(-c2cnn(C)c2)nc1C(=O)N[C@H]1CCCNC1. The number of aromatic nitrogens is 3. The van der Waals surface area contributed by atoms with E-state index in [9.17, 15) is 4.79 Å². The summed E-state index contributed by atoms with van der Waals surface area (Å²) in [6.45, 7) is 3.57. The fourth-order valence-corrected chi connectivity index (χ4v) is 2.49. The second kappa shape index (κ2) is 5.69. The predicted octanol–water partition coefficient (Wildman–Crippen LogP) is 0.865. The molecule has 0 bridgehead atoms. The molecule has 0 aliphatic carbocycles. The van der Waals surface area contributed by atoms with Crippen LogP contribution in [0.2, 0.25) is 0 Å². The molecule has 21 heavy (non-hydrogen) atoms. The lowest BCUT2D eigenvalue weighted by molar-refractivity contribution is 0.0924. The zero-order valence-electron chi connectivity index (χ0n) is 12.2. The molecule has 2 aromatic heterocycles. The number of carbonyl (C=O) groups excluding carboxylic acids is 1. The van der Waals surface area contributed by atoms with Gasteiger partial charge in [0.15, 0.2) is 5.69 Å². The van der Waals surface area contributed by atoms with E-state index in [2.05, 4.69) is 20.7 Å². The molecule has 2 N–H and O–H groups in total. The number of oxazole rings is 1. The third-order valence-electron chi connectivity index (χ3n) is 3.60. The number of nitrogens with zero attached hydrogens (tertiary/aromatic N) is 3. The van der Waals surface area contributed by atoms with E-state index in [-0.39, 0.29) is 11.9 Å². The third kappa shape index (κ3) is 2.97. The minimum absolute atomic E-state index is 0.157. The molecule has 1 aliphatic heterocycles. The van der Waals surface area contributed by atoms with Crippen LogP contribution in [-0.2, 0) is 7.05 Å². The van der Waals surface area contributed by atoms with Crippen molar-refractivity contribution in [2.24, 2.45) is 7.05 Å². The van der Waals surface area contributed by atoms with E-state index in [0.29, 0.717) is 17.3 Å². The number of amides is 1. The van der Waals surface area contributed by atoms with Crippen molar-refractivity contribution >= 4 is 5.91 Å². The summed E-state index contributed by atoms with van der Waals surface area (Å²) >= 11 is 0. The lowest BCUT2D eigenvalue weighted by Gasteiger charge is -2.23. The Morgan fingerprint density at radius 1 is 1.57 bits per heavy atom. The number of hydrogen-bond acceptors (Lipinski definition) is 5. The first-order valence-corrected chi connectivity index (χ1v) is 7.11. The summed E-state index contributed by atoms with van der Waals surface area (Å²) < 4.78 is 7.25. The molecule has 112 valence electrons. The third-order valence-corrected chi connectivity index (χ3v) is 3.60. The molecule has 1 atom stereocenters. The van der Waals surface area contributed by atoms with Gasteiger partial charge in [-0.2, -0.15) is 5.10 Å². The standard InChI is InChI=1S/C14H19N5O2/c1-9-12(13(20)17-11-4-3-5-15-7-11)18-14(21-9)10-6-16-19(2)8-10/h6,8,11,15H,3-5,7H2,1-2H3,(H,17,20)/t11-/m0/s1. The molecule has 3 rings (SSSR count). The normalized spacial score (nSPS) is 18.7. The van der Waals surface area contributed by atoms with Crippen molar-refractivity contribution in [1.29, 1.82) is 0 Å². The lowest BCUT2D eigenvalue weighted by atomic mass is 10.1. The van der Waals surface area contributed by atoms with Crippen molar-refractivity contribution < 1.29 is 9.21 Å². The molecule has 0 saturated carbocycles. The smallest absolute Gasteiger partial charge is 0.273 e. The lowest BCUT2D eigenvalue weighted by Crippen LogP contribution is -2.45. The Balaban J connectivity index is 1.75. The largest absolute Gasteiger partial charge is 0.440 e. The van der Waals surface area contributed by atoms with E-state index in [1.807, 2.05) is 7.05 Å². The van der Waals surface area contributed by atoms with Gasteiger partial charge in [0.2, 0.25) is 5.89 Å². The topological polar surface area (TPSA) is 85.0 Å². The van der Waals surface area contributed by atoms with Gasteiger partial charge in [0.1, 0.15) is 5.76 Å². The van der Waals surface area contributed by atoms with Crippen molar-refractivity contribution in [3.63, 3.8) is 0 Å². The Labute approximate surface area is 122 Å². The van der Waals surface area contributed by atoms with Gasteiger partial charge in [0.05, 0.1) is 11.8 Å². The van der Waals surface area contributed by atoms with Crippen LogP contribution in [0.3, 0.4) is 0 Å². The summed E-state index contributed by atoms with van der Waals surface area (Å²) in [5, 5.41) is 10.3. The van der Waals surface area contributed by atoms with Crippen LogP contribution in [0.25, 0.3) is 11.5 Å². The maximum Gasteiger partial charge on any atom is 0.273 e. The number of piperidine rings is 1. The first-order valence-electron chi connectivity index (χ1n) is 7.11. The molecule has 0 aromatic carbocycles. The highest BCUT2D eigenvalue weighted by Gasteiger charge is 2.22. The highest BCUT2D eigenvalue weighted by Crippen LogP contribution is 2.21. The minimum Gasteiger partial charge on any atom is -0.440 e. The van der Waals surface area contributed by atoms with Gasteiger partial charge in [0, 0.05) is 25.8 Å². The second-order valence-corrected chi connectivity index (χ2v) is 5.34.